The number of hydrogen-bond donors (Lipinski definition) is 2. The highest BCUT2D eigenvalue weighted by molar-refractivity contribution is 5.30. The molecule has 0 saturated carbocycles. The number of ether oxygens (including phenoxy) is 1. The van der Waals surface area contributed by atoms with Gasteiger partial charge in [0, 0.05) is 24.6 Å². The van der Waals surface area contributed by atoms with Crippen molar-refractivity contribution in [3.8, 4) is 11.6 Å². The molecule has 0 radical (unpaired) electrons. The van der Waals surface area contributed by atoms with Gasteiger partial charge in [0.15, 0.2) is 5.76 Å². The Hall–Kier alpha value is -3.29. The highest BCUT2D eigenvalue weighted by Crippen LogP contribution is 2.19. The van der Waals surface area contributed by atoms with Gasteiger partial charge in [-0.1, -0.05) is 19.1 Å². The van der Waals surface area contributed by atoms with Crippen LogP contribution in [0.1, 0.15) is 36.2 Å². The van der Waals surface area contributed by atoms with Crippen molar-refractivity contribution in [1.82, 2.24) is 14.5 Å². The van der Waals surface area contributed by atoms with E-state index >= 15 is 0 Å². The van der Waals surface area contributed by atoms with Crippen molar-refractivity contribution in [2.45, 2.75) is 39.7 Å². The lowest BCUT2D eigenvalue weighted by atomic mass is 10.1. The summed E-state index contributed by atoms with van der Waals surface area (Å²) in [6.07, 6.45) is 1.94. The van der Waals surface area contributed by atoms with E-state index in [9.17, 15) is 14.7 Å². The second-order valence-electron chi connectivity index (χ2n) is 6.51. The van der Waals surface area contributed by atoms with Crippen LogP contribution in [0.15, 0.2) is 44.3 Å². The Morgan fingerprint density at radius 1 is 1.25 bits per heavy atom. The van der Waals surface area contributed by atoms with Crippen LogP contribution in [0.3, 0.4) is 0 Å². The largest absolute Gasteiger partial charge is 0.492 e. The molecule has 0 saturated heterocycles. The first-order valence-corrected chi connectivity index (χ1v) is 9.16. The number of hydrogen-bond acceptors (Lipinski definition) is 6. The second kappa shape index (κ2) is 8.60. The maximum absolute atomic E-state index is 12.2. The number of nitrogens with one attached hydrogen (secondary N) is 1. The number of H-pyrrole nitrogens is 1. The Morgan fingerprint density at radius 3 is 2.64 bits per heavy atom. The number of aryl methyl sites for hydroxylation is 2. The molecule has 0 amide bonds. The minimum atomic E-state index is -0.685. The molecule has 0 aliphatic rings. The summed E-state index contributed by atoms with van der Waals surface area (Å²) >= 11 is 0. The third kappa shape index (κ3) is 4.70. The van der Waals surface area contributed by atoms with Gasteiger partial charge < -0.3 is 14.3 Å². The number of oxazole rings is 1. The molecule has 3 aromatic rings. The van der Waals surface area contributed by atoms with Gasteiger partial charge in [-0.3, -0.25) is 14.3 Å². The van der Waals surface area contributed by atoms with Crippen molar-refractivity contribution >= 4 is 0 Å². The van der Waals surface area contributed by atoms with Crippen LogP contribution in [-0.4, -0.2) is 26.2 Å². The van der Waals surface area contributed by atoms with Crippen LogP contribution in [0.25, 0.3) is 0 Å². The lowest BCUT2D eigenvalue weighted by molar-refractivity contribution is 0.293. The zero-order chi connectivity index (χ0) is 20.1. The molecule has 2 heterocycles. The summed E-state index contributed by atoms with van der Waals surface area (Å²) in [5, 5.41) is 9.56. The van der Waals surface area contributed by atoms with Crippen molar-refractivity contribution in [2.24, 2.45) is 0 Å². The molecule has 0 spiro atoms. The normalized spacial score (nSPS) is 10.9. The predicted molar refractivity (Wildman–Crippen MR) is 103 cm³/mol. The number of aromatic hydroxyl groups is 1. The third-order valence-electron chi connectivity index (χ3n) is 4.26. The first-order valence-electron chi connectivity index (χ1n) is 9.16. The zero-order valence-electron chi connectivity index (χ0n) is 15.9. The number of nitrogens with zero attached hydrogens (tertiary/aromatic N) is 2. The van der Waals surface area contributed by atoms with Crippen molar-refractivity contribution in [3.63, 3.8) is 0 Å². The highest BCUT2D eigenvalue weighted by atomic mass is 16.5. The van der Waals surface area contributed by atoms with Gasteiger partial charge in [-0.15, -0.1) is 0 Å². The topological polar surface area (TPSA) is 110 Å². The van der Waals surface area contributed by atoms with Gasteiger partial charge in [0.25, 0.3) is 5.56 Å². The summed E-state index contributed by atoms with van der Waals surface area (Å²) in [7, 11) is 0. The third-order valence-corrected chi connectivity index (χ3v) is 4.26. The van der Waals surface area contributed by atoms with Crippen LogP contribution < -0.4 is 16.1 Å². The average Bonchev–Trinajstić information content (AvgIpc) is 2.96. The van der Waals surface area contributed by atoms with Crippen LogP contribution in [0, 0.1) is 6.92 Å². The molecule has 8 heteroatoms. The lowest BCUT2D eigenvalue weighted by Crippen LogP contribution is -2.27. The van der Waals surface area contributed by atoms with Crippen LogP contribution in [0.5, 0.6) is 11.6 Å². The van der Waals surface area contributed by atoms with E-state index < -0.39 is 5.76 Å². The monoisotopic (exact) mass is 385 g/mol. The van der Waals surface area contributed by atoms with Crippen molar-refractivity contribution in [2.75, 3.05) is 6.61 Å². The Bertz CT molecular complexity index is 1050. The second-order valence-corrected chi connectivity index (χ2v) is 6.51. The fourth-order valence-corrected chi connectivity index (χ4v) is 2.95. The van der Waals surface area contributed by atoms with Crippen molar-refractivity contribution in [3.05, 3.63) is 74.1 Å². The smallest absolute Gasteiger partial charge is 0.419 e. The van der Waals surface area contributed by atoms with Gasteiger partial charge in [0.2, 0.25) is 5.88 Å². The lowest BCUT2D eigenvalue weighted by Gasteiger charge is -2.13. The van der Waals surface area contributed by atoms with Gasteiger partial charge in [0.1, 0.15) is 18.2 Å². The maximum Gasteiger partial charge on any atom is 0.419 e. The molecule has 1 aromatic carbocycles. The molecule has 0 atom stereocenters. The Balaban J connectivity index is 1.61. The molecule has 148 valence electrons. The van der Waals surface area contributed by atoms with E-state index in [1.54, 1.807) is 16.7 Å². The molecular formula is C20H23N3O5. The number of rotatable bonds is 8. The van der Waals surface area contributed by atoms with E-state index in [-0.39, 0.29) is 23.6 Å². The van der Waals surface area contributed by atoms with Crippen LogP contribution in [0.4, 0.5) is 0 Å². The maximum atomic E-state index is 12.2. The van der Waals surface area contributed by atoms with E-state index in [0.29, 0.717) is 18.9 Å². The molecule has 0 aliphatic carbocycles. The minimum Gasteiger partial charge on any atom is -0.492 e. The molecular weight excluding hydrogens is 362 g/mol. The van der Waals surface area contributed by atoms with Crippen LogP contribution in [0.2, 0.25) is 0 Å². The molecule has 28 heavy (non-hydrogen) atoms. The Morgan fingerprint density at radius 2 is 2.00 bits per heavy atom. The standard InChI is InChI=1S/C20H23N3O5/c1-3-4-17-21-13(2)11-18(24)23(17)9-10-27-15-7-5-14(6-8-15)12-16-19(25)22-20(26)28-16/h5-8,11,25H,3-4,9-10,12H2,1-2H3,(H,22,26). The van der Waals surface area contributed by atoms with Gasteiger partial charge in [0.05, 0.1) is 6.54 Å². The summed E-state index contributed by atoms with van der Waals surface area (Å²) in [6, 6.07) is 8.76. The predicted octanol–water partition coefficient (Wildman–Crippen LogP) is 2.16. The van der Waals surface area contributed by atoms with Crippen molar-refractivity contribution < 1.29 is 14.3 Å². The summed E-state index contributed by atoms with van der Waals surface area (Å²) in [6.45, 7) is 4.64. The molecule has 0 aliphatic heterocycles. The fourth-order valence-electron chi connectivity index (χ4n) is 2.95. The summed E-state index contributed by atoms with van der Waals surface area (Å²) < 4.78 is 12.3. The minimum absolute atomic E-state index is 0.0669. The quantitative estimate of drug-likeness (QED) is 0.615. The molecule has 0 unspecified atom stereocenters. The van der Waals surface area contributed by atoms with E-state index in [2.05, 4.69) is 16.9 Å². The molecule has 3 rings (SSSR count). The van der Waals surface area contributed by atoms with E-state index in [1.807, 2.05) is 19.1 Å². The fraction of sp³-hybridized carbons (Fsp3) is 0.350. The molecule has 8 nitrogen and oxygen atoms in total. The van der Waals surface area contributed by atoms with Crippen LogP contribution >= 0.6 is 0 Å². The summed E-state index contributed by atoms with van der Waals surface area (Å²) in [5.41, 5.74) is 1.52. The van der Waals surface area contributed by atoms with Crippen LogP contribution in [-0.2, 0) is 19.4 Å². The summed E-state index contributed by atoms with van der Waals surface area (Å²) in [4.78, 5) is 29.9. The number of aromatic amines is 1. The van der Waals surface area contributed by atoms with E-state index in [4.69, 9.17) is 9.15 Å². The molecule has 2 aromatic heterocycles. The van der Waals surface area contributed by atoms with Gasteiger partial charge in [-0.05, 0) is 31.0 Å². The van der Waals surface area contributed by atoms with Crippen molar-refractivity contribution in [1.29, 1.82) is 0 Å². The molecule has 2 N–H and O–H groups in total. The van der Waals surface area contributed by atoms with Gasteiger partial charge >= 0.3 is 5.76 Å². The first kappa shape index (κ1) is 19.5. The van der Waals surface area contributed by atoms with E-state index in [0.717, 1.165) is 29.9 Å². The molecule has 0 fully saturated rings. The zero-order valence-corrected chi connectivity index (χ0v) is 15.9. The Labute approximate surface area is 161 Å². The summed E-state index contributed by atoms with van der Waals surface area (Å²) in [5.74, 6) is 0.683. The number of aromatic nitrogens is 3. The van der Waals surface area contributed by atoms with Gasteiger partial charge in [-0.2, -0.15) is 0 Å². The molecule has 0 bridgehead atoms. The van der Waals surface area contributed by atoms with E-state index in [1.165, 1.54) is 6.07 Å². The average molecular weight is 385 g/mol. The number of benzene rings is 1. The highest BCUT2D eigenvalue weighted by Gasteiger charge is 2.10. The Kier molecular flexibility index (Phi) is 5.98. The first-order chi connectivity index (χ1) is 13.5. The SMILES string of the molecule is CCCc1nc(C)cc(=O)n1CCOc1ccc(Cc2oc(=O)[nH]c2O)cc1. The van der Waals surface area contributed by atoms with Gasteiger partial charge in [-0.25, -0.2) is 9.78 Å².